The lowest BCUT2D eigenvalue weighted by Crippen LogP contribution is -2.87. The summed E-state index contributed by atoms with van der Waals surface area (Å²) in [6.45, 7) is 5.27. The van der Waals surface area contributed by atoms with E-state index in [9.17, 15) is 4.79 Å². The summed E-state index contributed by atoms with van der Waals surface area (Å²) in [4.78, 5) is 12.5. The van der Waals surface area contributed by atoms with Gasteiger partial charge in [0.15, 0.2) is 6.54 Å². The van der Waals surface area contributed by atoms with Crippen molar-refractivity contribution < 1.29 is 10.1 Å². The molecule has 3 aromatic carbocycles. The topological polar surface area (TPSA) is 45.7 Å². The van der Waals surface area contributed by atoms with Crippen molar-refractivity contribution in [3.8, 4) is 0 Å². The van der Waals surface area contributed by atoms with E-state index in [1.807, 2.05) is 36.4 Å². The van der Waals surface area contributed by atoms with E-state index in [1.54, 1.807) is 0 Å². The number of carbonyl (C=O) groups is 1. The van der Waals surface area contributed by atoms with Gasteiger partial charge in [-0.3, -0.25) is 4.79 Å². The summed E-state index contributed by atoms with van der Waals surface area (Å²) in [5.41, 5.74) is 4.90. The second-order valence-electron chi connectivity index (χ2n) is 7.35. The van der Waals surface area contributed by atoms with Gasteiger partial charge < -0.3 is 10.6 Å². The lowest BCUT2D eigenvalue weighted by atomic mass is 9.98. The highest BCUT2D eigenvalue weighted by atomic mass is 16.1. The molecule has 28 heavy (non-hydrogen) atoms. The zero-order valence-corrected chi connectivity index (χ0v) is 16.6. The first kappa shape index (κ1) is 19.8. The van der Waals surface area contributed by atoms with Gasteiger partial charge in [0, 0.05) is 17.7 Å². The number of rotatable bonds is 8. The van der Waals surface area contributed by atoms with Crippen LogP contribution in [0.4, 0.5) is 0 Å². The van der Waals surface area contributed by atoms with Crippen LogP contribution < -0.4 is 10.6 Å². The first-order valence-corrected chi connectivity index (χ1v) is 9.90. The zero-order valence-electron chi connectivity index (χ0n) is 16.6. The Morgan fingerprint density at radius 2 is 1.36 bits per heavy atom. The van der Waals surface area contributed by atoms with E-state index >= 15 is 0 Å². The van der Waals surface area contributed by atoms with Gasteiger partial charge in [0.2, 0.25) is 0 Å². The maximum Gasteiger partial charge on any atom is 0.275 e. The number of quaternary nitrogens is 1. The molecule has 0 saturated carbocycles. The van der Waals surface area contributed by atoms with E-state index in [1.165, 1.54) is 22.3 Å². The maximum absolute atomic E-state index is 12.5. The summed E-state index contributed by atoms with van der Waals surface area (Å²) in [5, 5.41) is 5.19. The van der Waals surface area contributed by atoms with Crippen molar-refractivity contribution >= 4 is 5.91 Å². The molecule has 144 valence electrons. The number of benzene rings is 3. The molecule has 3 rings (SSSR count). The van der Waals surface area contributed by atoms with E-state index in [2.05, 4.69) is 73.0 Å². The quantitative estimate of drug-likeness (QED) is 0.623. The molecule has 0 heterocycles. The molecule has 3 N–H and O–H groups in total. The highest BCUT2D eigenvalue weighted by molar-refractivity contribution is 5.76. The highest BCUT2D eigenvalue weighted by Crippen LogP contribution is 2.18. The average Bonchev–Trinajstić information content (AvgIpc) is 2.75. The van der Waals surface area contributed by atoms with Crippen molar-refractivity contribution in [3.05, 3.63) is 107 Å². The normalized spacial score (nSPS) is 12.9. The number of carbonyl (C=O) groups excluding carboxylic acids is 1. The van der Waals surface area contributed by atoms with E-state index in [4.69, 9.17) is 0 Å². The lowest BCUT2D eigenvalue weighted by Gasteiger charge is -2.17. The Morgan fingerprint density at radius 3 is 1.96 bits per heavy atom. The SMILES string of the molecule is Cc1ccc([C@@H]([NH2+]CC(=O)NC[C@@H](C)c2ccccc2)c2ccccc2)cc1. The average molecular weight is 374 g/mol. The first-order valence-electron chi connectivity index (χ1n) is 9.90. The van der Waals surface area contributed by atoms with Crippen LogP contribution in [0.25, 0.3) is 0 Å². The third-order valence-corrected chi connectivity index (χ3v) is 5.11. The third-order valence-electron chi connectivity index (χ3n) is 5.11. The molecule has 0 fully saturated rings. The van der Waals surface area contributed by atoms with Crippen LogP contribution in [-0.2, 0) is 4.79 Å². The monoisotopic (exact) mass is 373 g/mol. The molecule has 0 bridgehead atoms. The van der Waals surface area contributed by atoms with Gasteiger partial charge in [0.1, 0.15) is 6.04 Å². The van der Waals surface area contributed by atoms with Gasteiger partial charge in [-0.2, -0.15) is 0 Å². The Labute approximate surface area is 167 Å². The fourth-order valence-corrected chi connectivity index (χ4v) is 3.36. The van der Waals surface area contributed by atoms with Crippen molar-refractivity contribution in [3.63, 3.8) is 0 Å². The maximum atomic E-state index is 12.5. The van der Waals surface area contributed by atoms with Crippen LogP contribution in [0.3, 0.4) is 0 Å². The Kier molecular flexibility index (Phi) is 6.99. The summed E-state index contributed by atoms with van der Waals surface area (Å²) in [6.07, 6.45) is 0. The summed E-state index contributed by atoms with van der Waals surface area (Å²) >= 11 is 0. The second-order valence-corrected chi connectivity index (χ2v) is 7.35. The molecular weight excluding hydrogens is 344 g/mol. The van der Waals surface area contributed by atoms with Crippen molar-refractivity contribution in [2.45, 2.75) is 25.8 Å². The largest absolute Gasteiger partial charge is 0.351 e. The van der Waals surface area contributed by atoms with Gasteiger partial charge in [-0.1, -0.05) is 97.4 Å². The minimum absolute atomic E-state index is 0.0656. The molecule has 1 amide bonds. The van der Waals surface area contributed by atoms with Gasteiger partial charge >= 0.3 is 0 Å². The van der Waals surface area contributed by atoms with Gasteiger partial charge in [-0.15, -0.1) is 0 Å². The Balaban J connectivity index is 1.60. The third kappa shape index (κ3) is 5.54. The van der Waals surface area contributed by atoms with Gasteiger partial charge in [-0.05, 0) is 18.4 Å². The number of amides is 1. The van der Waals surface area contributed by atoms with Crippen molar-refractivity contribution in [1.82, 2.24) is 5.32 Å². The van der Waals surface area contributed by atoms with E-state index < -0.39 is 0 Å². The van der Waals surface area contributed by atoms with Gasteiger partial charge in [0.05, 0.1) is 0 Å². The van der Waals surface area contributed by atoms with Crippen LogP contribution in [0.5, 0.6) is 0 Å². The summed E-state index contributed by atoms with van der Waals surface area (Å²) in [6, 6.07) is 29.3. The molecule has 0 aliphatic rings. The molecule has 0 radical (unpaired) electrons. The van der Waals surface area contributed by atoms with E-state index in [0.717, 1.165) is 0 Å². The van der Waals surface area contributed by atoms with Crippen LogP contribution in [-0.4, -0.2) is 19.0 Å². The summed E-state index contributed by atoms with van der Waals surface area (Å²) in [7, 11) is 0. The molecule has 0 aliphatic carbocycles. The number of nitrogens with one attached hydrogen (secondary N) is 1. The molecule has 3 aromatic rings. The smallest absolute Gasteiger partial charge is 0.275 e. The van der Waals surface area contributed by atoms with Crippen LogP contribution >= 0.6 is 0 Å². The fraction of sp³-hybridized carbons (Fsp3) is 0.240. The van der Waals surface area contributed by atoms with E-state index in [-0.39, 0.29) is 11.9 Å². The standard InChI is InChI=1S/C25H28N2O/c1-19-13-15-23(16-14-19)25(22-11-7-4-8-12-22)27-18-24(28)26-17-20(2)21-9-5-3-6-10-21/h3-16,20,25,27H,17-18H2,1-2H3,(H,26,28)/p+1/t20-,25+/m1/s1. The Bertz CT molecular complexity index is 860. The predicted octanol–water partition coefficient (Wildman–Crippen LogP) is 3.57. The second kappa shape index (κ2) is 9.86. The molecule has 0 saturated heterocycles. The first-order chi connectivity index (χ1) is 13.6. The van der Waals surface area contributed by atoms with Gasteiger partial charge in [0.25, 0.3) is 5.91 Å². The molecule has 0 aromatic heterocycles. The highest BCUT2D eigenvalue weighted by Gasteiger charge is 2.19. The van der Waals surface area contributed by atoms with E-state index in [0.29, 0.717) is 19.0 Å². The van der Waals surface area contributed by atoms with Crippen LogP contribution in [0.2, 0.25) is 0 Å². The van der Waals surface area contributed by atoms with Crippen LogP contribution in [0, 0.1) is 6.92 Å². The summed E-state index contributed by atoms with van der Waals surface area (Å²) in [5.74, 6) is 0.364. The molecule has 0 unspecified atom stereocenters. The molecule has 0 aliphatic heterocycles. The van der Waals surface area contributed by atoms with Crippen molar-refractivity contribution in [2.24, 2.45) is 0 Å². The number of nitrogens with two attached hydrogens (primary N) is 1. The number of hydrogen-bond acceptors (Lipinski definition) is 1. The number of aryl methyl sites for hydroxylation is 1. The van der Waals surface area contributed by atoms with Gasteiger partial charge in [-0.25, -0.2) is 0 Å². The number of hydrogen-bond donors (Lipinski definition) is 2. The minimum atomic E-state index is 0.0656. The molecule has 2 atom stereocenters. The van der Waals surface area contributed by atoms with Crippen molar-refractivity contribution in [1.29, 1.82) is 0 Å². The lowest BCUT2D eigenvalue weighted by molar-refractivity contribution is -0.676. The zero-order chi connectivity index (χ0) is 19.8. The van der Waals surface area contributed by atoms with Crippen LogP contribution in [0.15, 0.2) is 84.9 Å². The van der Waals surface area contributed by atoms with Crippen molar-refractivity contribution in [2.75, 3.05) is 13.1 Å². The van der Waals surface area contributed by atoms with Crippen LogP contribution in [0.1, 0.15) is 41.1 Å². The Hall–Kier alpha value is -2.91. The fourth-order valence-electron chi connectivity index (χ4n) is 3.36. The Morgan fingerprint density at radius 1 is 0.821 bits per heavy atom. The predicted molar refractivity (Wildman–Crippen MR) is 114 cm³/mol. The molecule has 3 nitrogen and oxygen atoms in total. The molecule has 3 heteroatoms. The molecular formula is C25H29N2O+. The minimum Gasteiger partial charge on any atom is -0.351 e. The summed E-state index contributed by atoms with van der Waals surface area (Å²) < 4.78 is 0. The molecule has 0 spiro atoms.